The summed E-state index contributed by atoms with van der Waals surface area (Å²) in [6, 6.07) is 7.69. The first-order valence-electron chi connectivity index (χ1n) is 9.97. The number of aromatic nitrogens is 1. The molecule has 0 saturated carbocycles. The van der Waals surface area contributed by atoms with Crippen molar-refractivity contribution in [2.45, 2.75) is 54.7 Å². The lowest BCUT2D eigenvalue weighted by atomic mass is 10.2. The Kier molecular flexibility index (Phi) is 7.49. The zero-order valence-electron chi connectivity index (χ0n) is 17.1. The standard InChI is InChI=1S/C21H26FN3O3S2/c1-15-7-8-17(13-19(15)22)24-21(26)16(2)29-20-10-9-18(14-23-20)30(27,28)25-11-5-3-4-6-12-25/h7-10,13-14,16H,3-6,11-12H2,1-2H3,(H,24,26). The lowest BCUT2D eigenvalue weighted by Crippen LogP contribution is -2.32. The Balaban J connectivity index is 1.62. The van der Waals surface area contributed by atoms with Gasteiger partial charge in [0.1, 0.15) is 10.7 Å². The van der Waals surface area contributed by atoms with E-state index in [4.69, 9.17) is 0 Å². The summed E-state index contributed by atoms with van der Waals surface area (Å²) in [4.78, 5) is 16.8. The van der Waals surface area contributed by atoms with E-state index in [0.29, 0.717) is 29.4 Å². The molecule has 6 nitrogen and oxygen atoms in total. The third kappa shape index (κ3) is 5.59. The molecule has 1 unspecified atom stereocenters. The molecule has 2 heterocycles. The number of aryl methyl sites for hydroxylation is 1. The number of benzene rings is 1. The molecule has 0 radical (unpaired) electrons. The number of rotatable bonds is 6. The van der Waals surface area contributed by atoms with Crippen LogP contribution in [0, 0.1) is 12.7 Å². The van der Waals surface area contributed by atoms with E-state index in [-0.39, 0.29) is 16.6 Å². The molecule has 1 aromatic carbocycles. The number of amides is 1. The van der Waals surface area contributed by atoms with Crippen LogP contribution in [0.5, 0.6) is 0 Å². The first-order chi connectivity index (χ1) is 14.3. The van der Waals surface area contributed by atoms with Crippen LogP contribution >= 0.6 is 11.8 Å². The Bertz CT molecular complexity index is 989. The topological polar surface area (TPSA) is 79.4 Å². The van der Waals surface area contributed by atoms with Gasteiger partial charge in [-0.1, -0.05) is 30.7 Å². The van der Waals surface area contributed by atoms with E-state index in [0.717, 1.165) is 25.7 Å². The quantitative estimate of drug-likeness (QED) is 0.666. The monoisotopic (exact) mass is 451 g/mol. The molecular formula is C21H26FN3O3S2. The second kappa shape index (κ2) is 9.89. The maximum Gasteiger partial charge on any atom is 0.244 e. The number of anilines is 1. The van der Waals surface area contributed by atoms with Crippen LogP contribution in [-0.2, 0) is 14.8 Å². The van der Waals surface area contributed by atoms with E-state index in [1.807, 2.05) is 0 Å². The smallest absolute Gasteiger partial charge is 0.244 e. The molecule has 1 aliphatic heterocycles. The number of sulfonamides is 1. The van der Waals surface area contributed by atoms with E-state index in [2.05, 4.69) is 10.3 Å². The van der Waals surface area contributed by atoms with Crippen molar-refractivity contribution in [3.63, 3.8) is 0 Å². The number of halogens is 1. The third-order valence-corrected chi connectivity index (χ3v) is 7.95. The van der Waals surface area contributed by atoms with E-state index < -0.39 is 15.3 Å². The lowest BCUT2D eigenvalue weighted by Gasteiger charge is -2.19. The van der Waals surface area contributed by atoms with Crippen molar-refractivity contribution in [1.82, 2.24) is 9.29 Å². The fourth-order valence-electron chi connectivity index (χ4n) is 3.17. The molecule has 1 saturated heterocycles. The molecule has 9 heteroatoms. The fraction of sp³-hybridized carbons (Fsp3) is 0.429. The maximum absolute atomic E-state index is 13.6. The van der Waals surface area contributed by atoms with Gasteiger partial charge in [-0.05, 0) is 56.5 Å². The highest BCUT2D eigenvalue weighted by molar-refractivity contribution is 8.00. The summed E-state index contributed by atoms with van der Waals surface area (Å²) in [6.07, 6.45) is 5.20. The van der Waals surface area contributed by atoms with Crippen LogP contribution in [0.3, 0.4) is 0 Å². The molecule has 30 heavy (non-hydrogen) atoms. The van der Waals surface area contributed by atoms with Crippen molar-refractivity contribution < 1.29 is 17.6 Å². The van der Waals surface area contributed by atoms with Gasteiger partial charge in [0.2, 0.25) is 15.9 Å². The van der Waals surface area contributed by atoms with Crippen molar-refractivity contribution in [3.8, 4) is 0 Å². The number of thioether (sulfide) groups is 1. The largest absolute Gasteiger partial charge is 0.325 e. The summed E-state index contributed by atoms with van der Waals surface area (Å²) in [7, 11) is -3.55. The van der Waals surface area contributed by atoms with Crippen LogP contribution < -0.4 is 5.32 Å². The second-order valence-corrected chi connectivity index (χ2v) is 10.7. The van der Waals surface area contributed by atoms with Crippen LogP contribution in [0.4, 0.5) is 10.1 Å². The van der Waals surface area contributed by atoms with Crippen molar-refractivity contribution >= 4 is 33.4 Å². The highest BCUT2D eigenvalue weighted by atomic mass is 32.2. The molecule has 1 amide bonds. The van der Waals surface area contributed by atoms with E-state index >= 15 is 0 Å². The minimum atomic E-state index is -3.55. The average molecular weight is 452 g/mol. The summed E-state index contributed by atoms with van der Waals surface area (Å²) in [5, 5.41) is 2.74. The zero-order chi connectivity index (χ0) is 21.7. The van der Waals surface area contributed by atoms with E-state index in [9.17, 15) is 17.6 Å². The van der Waals surface area contributed by atoms with Crippen LogP contribution in [0.2, 0.25) is 0 Å². The van der Waals surface area contributed by atoms with Crippen LogP contribution in [-0.4, -0.2) is 42.0 Å². The Morgan fingerprint density at radius 3 is 2.47 bits per heavy atom. The van der Waals surface area contributed by atoms with Gasteiger partial charge in [-0.3, -0.25) is 4.79 Å². The molecule has 1 aliphatic rings. The summed E-state index contributed by atoms with van der Waals surface area (Å²) >= 11 is 1.21. The average Bonchev–Trinajstić information content (AvgIpc) is 3.01. The number of hydrogen-bond acceptors (Lipinski definition) is 5. The van der Waals surface area contributed by atoms with Gasteiger partial charge >= 0.3 is 0 Å². The molecule has 0 bridgehead atoms. The van der Waals surface area contributed by atoms with Gasteiger partial charge in [0.05, 0.1) is 10.3 Å². The van der Waals surface area contributed by atoms with Crippen molar-refractivity contribution in [3.05, 3.63) is 47.9 Å². The van der Waals surface area contributed by atoms with Gasteiger partial charge < -0.3 is 5.32 Å². The van der Waals surface area contributed by atoms with Crippen LogP contribution in [0.1, 0.15) is 38.2 Å². The first kappa shape index (κ1) is 22.7. The van der Waals surface area contributed by atoms with E-state index in [1.54, 1.807) is 32.0 Å². The van der Waals surface area contributed by atoms with E-state index in [1.165, 1.54) is 34.4 Å². The van der Waals surface area contributed by atoms with Gasteiger partial charge in [0, 0.05) is 25.0 Å². The Hall–Kier alpha value is -1.97. The SMILES string of the molecule is Cc1ccc(NC(=O)C(C)Sc2ccc(S(=O)(=O)N3CCCCCC3)cn2)cc1F. The molecule has 162 valence electrons. The van der Waals surface area contributed by atoms with Crippen molar-refractivity contribution in [2.24, 2.45) is 0 Å². The zero-order valence-corrected chi connectivity index (χ0v) is 18.7. The highest BCUT2D eigenvalue weighted by Crippen LogP contribution is 2.25. The van der Waals surface area contributed by atoms with Gasteiger partial charge in [-0.25, -0.2) is 17.8 Å². The van der Waals surface area contributed by atoms with Crippen LogP contribution in [0.15, 0.2) is 46.5 Å². The van der Waals surface area contributed by atoms with Crippen LogP contribution in [0.25, 0.3) is 0 Å². The third-order valence-electron chi connectivity index (χ3n) is 5.02. The number of nitrogens with zero attached hydrogens (tertiary/aromatic N) is 2. The molecular weight excluding hydrogens is 425 g/mol. The highest BCUT2D eigenvalue weighted by Gasteiger charge is 2.25. The molecule has 3 rings (SSSR count). The van der Waals surface area contributed by atoms with Gasteiger partial charge in [-0.2, -0.15) is 4.31 Å². The fourth-order valence-corrected chi connectivity index (χ4v) is 5.42. The maximum atomic E-state index is 13.6. The summed E-state index contributed by atoms with van der Waals surface area (Å²) in [6.45, 7) is 4.45. The molecule has 1 N–H and O–H groups in total. The van der Waals surface area contributed by atoms with Crippen molar-refractivity contribution in [2.75, 3.05) is 18.4 Å². The summed E-state index contributed by atoms with van der Waals surface area (Å²) in [5.41, 5.74) is 0.900. The predicted molar refractivity (Wildman–Crippen MR) is 117 cm³/mol. The predicted octanol–water partition coefficient (Wildman–Crippen LogP) is 4.21. The second-order valence-electron chi connectivity index (χ2n) is 7.36. The molecule has 0 aliphatic carbocycles. The Morgan fingerprint density at radius 1 is 1.17 bits per heavy atom. The summed E-state index contributed by atoms with van der Waals surface area (Å²) in [5.74, 6) is -0.665. The Labute approximate surface area is 181 Å². The molecule has 0 spiro atoms. The molecule has 1 fully saturated rings. The number of carbonyl (C=O) groups excluding carboxylic acids is 1. The lowest BCUT2D eigenvalue weighted by molar-refractivity contribution is -0.115. The minimum absolute atomic E-state index is 0.168. The van der Waals surface area contributed by atoms with Gasteiger partial charge in [0.15, 0.2) is 0 Å². The number of hydrogen-bond donors (Lipinski definition) is 1. The molecule has 1 atom stereocenters. The van der Waals surface area contributed by atoms with Gasteiger partial charge in [0.25, 0.3) is 0 Å². The Morgan fingerprint density at radius 2 is 1.87 bits per heavy atom. The number of pyridine rings is 1. The normalized spacial score (nSPS) is 16.6. The molecule has 2 aromatic rings. The number of nitrogens with one attached hydrogen (secondary N) is 1. The summed E-state index contributed by atoms with van der Waals surface area (Å²) < 4.78 is 40.8. The number of carbonyl (C=O) groups is 1. The molecule has 1 aromatic heterocycles. The van der Waals surface area contributed by atoms with Crippen molar-refractivity contribution in [1.29, 1.82) is 0 Å². The minimum Gasteiger partial charge on any atom is -0.325 e. The first-order valence-corrected chi connectivity index (χ1v) is 12.3. The van der Waals surface area contributed by atoms with Gasteiger partial charge in [-0.15, -0.1) is 0 Å².